The van der Waals surface area contributed by atoms with Crippen LogP contribution in [-0.2, 0) is 21.3 Å². The summed E-state index contributed by atoms with van der Waals surface area (Å²) in [4.78, 5) is -0.0519. The zero-order valence-electron chi connectivity index (χ0n) is 11.7. The first kappa shape index (κ1) is 17.0. The Morgan fingerprint density at radius 3 is 2.71 bits per heavy atom. The molecule has 118 valence electrons. The van der Waals surface area contributed by atoms with Gasteiger partial charge in [0.1, 0.15) is 4.90 Å². The molecule has 5 nitrogen and oxygen atoms in total. The SMILES string of the molecule is CC1(NS(=O)(=O)c2cc(Cl)cc(CN)c2Cl)CCCOC1. The number of sulfonamides is 1. The summed E-state index contributed by atoms with van der Waals surface area (Å²) in [5, 5.41) is 0.389. The summed E-state index contributed by atoms with van der Waals surface area (Å²) >= 11 is 12.1. The van der Waals surface area contributed by atoms with Crippen LogP contribution in [0, 0.1) is 0 Å². The topological polar surface area (TPSA) is 81.4 Å². The van der Waals surface area contributed by atoms with Gasteiger partial charge in [-0.25, -0.2) is 13.1 Å². The van der Waals surface area contributed by atoms with Crippen molar-refractivity contribution in [3.05, 3.63) is 27.7 Å². The minimum atomic E-state index is -3.81. The first-order valence-electron chi connectivity index (χ1n) is 6.57. The van der Waals surface area contributed by atoms with E-state index in [1.165, 1.54) is 6.07 Å². The van der Waals surface area contributed by atoms with Crippen LogP contribution in [0.25, 0.3) is 0 Å². The molecule has 1 saturated heterocycles. The summed E-state index contributed by atoms with van der Waals surface area (Å²) in [5.74, 6) is 0. The summed E-state index contributed by atoms with van der Waals surface area (Å²) in [6.45, 7) is 2.90. The van der Waals surface area contributed by atoms with Crippen molar-refractivity contribution < 1.29 is 13.2 Å². The fraction of sp³-hybridized carbons (Fsp3) is 0.538. The van der Waals surface area contributed by atoms with E-state index in [1.54, 1.807) is 6.07 Å². The molecule has 0 saturated carbocycles. The lowest BCUT2D eigenvalue weighted by molar-refractivity contribution is 0.0386. The van der Waals surface area contributed by atoms with Crippen LogP contribution in [0.15, 0.2) is 17.0 Å². The largest absolute Gasteiger partial charge is 0.380 e. The third kappa shape index (κ3) is 3.88. The normalized spacial score (nSPS) is 23.2. The van der Waals surface area contributed by atoms with Gasteiger partial charge in [-0.2, -0.15) is 0 Å². The van der Waals surface area contributed by atoms with Gasteiger partial charge >= 0.3 is 0 Å². The fourth-order valence-electron chi connectivity index (χ4n) is 2.36. The molecule has 1 unspecified atom stereocenters. The molecule has 1 aliphatic heterocycles. The van der Waals surface area contributed by atoms with Crippen LogP contribution in [0.2, 0.25) is 10.0 Å². The molecule has 0 amide bonds. The highest BCUT2D eigenvalue weighted by atomic mass is 35.5. The van der Waals surface area contributed by atoms with Crippen molar-refractivity contribution in [1.29, 1.82) is 0 Å². The lowest BCUT2D eigenvalue weighted by Crippen LogP contribution is -2.51. The Kier molecular flexibility index (Phi) is 5.18. The average molecular weight is 353 g/mol. The summed E-state index contributed by atoms with van der Waals surface area (Å²) in [5.41, 5.74) is 5.41. The van der Waals surface area contributed by atoms with E-state index in [2.05, 4.69) is 4.72 Å². The van der Waals surface area contributed by atoms with Gasteiger partial charge in [0.15, 0.2) is 0 Å². The van der Waals surface area contributed by atoms with Crippen molar-refractivity contribution in [1.82, 2.24) is 4.72 Å². The molecular formula is C13H18Cl2N2O3S. The predicted octanol–water partition coefficient (Wildman–Crippen LogP) is 2.30. The molecule has 1 aliphatic rings. The Morgan fingerprint density at radius 2 is 2.14 bits per heavy atom. The Labute approximate surface area is 134 Å². The second-order valence-corrected chi connectivity index (χ2v) is 7.87. The number of hydrogen-bond donors (Lipinski definition) is 2. The summed E-state index contributed by atoms with van der Waals surface area (Å²) in [6.07, 6.45) is 1.50. The van der Waals surface area contributed by atoms with Gasteiger partial charge in [-0.15, -0.1) is 0 Å². The lowest BCUT2D eigenvalue weighted by atomic mass is 9.97. The molecule has 0 bridgehead atoms. The number of hydrogen-bond acceptors (Lipinski definition) is 4. The molecule has 0 radical (unpaired) electrons. The van der Waals surface area contributed by atoms with Gasteiger partial charge in [0.2, 0.25) is 10.0 Å². The van der Waals surface area contributed by atoms with Gasteiger partial charge in [-0.3, -0.25) is 0 Å². The summed E-state index contributed by atoms with van der Waals surface area (Å²) in [7, 11) is -3.81. The molecule has 1 aromatic carbocycles. The molecular weight excluding hydrogens is 335 g/mol. The molecule has 3 N–H and O–H groups in total. The molecule has 0 aliphatic carbocycles. The Hall–Kier alpha value is -0.370. The number of nitrogens with one attached hydrogen (secondary N) is 1. The second-order valence-electron chi connectivity index (χ2n) is 5.40. The predicted molar refractivity (Wildman–Crippen MR) is 83.1 cm³/mol. The second kappa shape index (κ2) is 6.40. The number of nitrogens with two attached hydrogens (primary N) is 1. The highest BCUT2D eigenvalue weighted by Gasteiger charge is 2.34. The van der Waals surface area contributed by atoms with E-state index >= 15 is 0 Å². The van der Waals surface area contributed by atoms with Crippen molar-refractivity contribution in [3.8, 4) is 0 Å². The average Bonchev–Trinajstić information content (AvgIpc) is 2.40. The van der Waals surface area contributed by atoms with E-state index in [9.17, 15) is 8.42 Å². The zero-order chi connectivity index (χ0) is 15.7. The van der Waals surface area contributed by atoms with Crippen LogP contribution in [0.3, 0.4) is 0 Å². The molecule has 21 heavy (non-hydrogen) atoms. The Morgan fingerprint density at radius 1 is 1.43 bits per heavy atom. The molecule has 0 spiro atoms. The van der Waals surface area contributed by atoms with Crippen LogP contribution in [-0.4, -0.2) is 27.2 Å². The Bertz CT molecular complexity index is 629. The van der Waals surface area contributed by atoms with Gasteiger partial charge < -0.3 is 10.5 Å². The number of halogens is 2. The molecule has 8 heteroatoms. The first-order valence-corrected chi connectivity index (χ1v) is 8.81. The monoisotopic (exact) mass is 352 g/mol. The van der Waals surface area contributed by atoms with Gasteiger partial charge in [-0.1, -0.05) is 23.2 Å². The molecule has 1 fully saturated rings. The van der Waals surface area contributed by atoms with Crippen LogP contribution in [0.4, 0.5) is 0 Å². The van der Waals surface area contributed by atoms with Crippen LogP contribution in [0.5, 0.6) is 0 Å². The smallest absolute Gasteiger partial charge is 0.242 e. The maximum atomic E-state index is 12.6. The van der Waals surface area contributed by atoms with Gasteiger partial charge in [0, 0.05) is 18.2 Å². The summed E-state index contributed by atoms with van der Waals surface area (Å²) < 4.78 is 33.2. The molecule has 1 atom stereocenters. The van der Waals surface area contributed by atoms with Gasteiger partial charge in [0.25, 0.3) is 0 Å². The third-order valence-corrected chi connectivity index (χ3v) is 5.85. The first-order chi connectivity index (χ1) is 9.77. The number of ether oxygens (including phenoxy) is 1. The van der Waals surface area contributed by atoms with E-state index in [1.807, 2.05) is 6.92 Å². The van der Waals surface area contributed by atoms with Crippen LogP contribution < -0.4 is 10.5 Å². The van der Waals surface area contributed by atoms with Crippen molar-refractivity contribution in [2.75, 3.05) is 13.2 Å². The van der Waals surface area contributed by atoms with Crippen molar-refractivity contribution >= 4 is 33.2 Å². The van der Waals surface area contributed by atoms with E-state index in [4.69, 9.17) is 33.7 Å². The van der Waals surface area contributed by atoms with Crippen LogP contribution >= 0.6 is 23.2 Å². The molecule has 0 aromatic heterocycles. The van der Waals surface area contributed by atoms with Crippen LogP contribution in [0.1, 0.15) is 25.3 Å². The maximum Gasteiger partial charge on any atom is 0.242 e. The quantitative estimate of drug-likeness (QED) is 0.870. The van der Waals surface area contributed by atoms with E-state index in [0.29, 0.717) is 25.2 Å². The van der Waals surface area contributed by atoms with Crippen molar-refractivity contribution in [2.24, 2.45) is 5.73 Å². The van der Waals surface area contributed by atoms with Crippen molar-refractivity contribution in [3.63, 3.8) is 0 Å². The number of benzene rings is 1. The number of rotatable bonds is 4. The van der Waals surface area contributed by atoms with E-state index < -0.39 is 15.6 Å². The summed E-state index contributed by atoms with van der Waals surface area (Å²) in [6, 6.07) is 2.90. The highest BCUT2D eigenvalue weighted by Crippen LogP contribution is 2.31. The van der Waals surface area contributed by atoms with E-state index in [-0.39, 0.29) is 21.5 Å². The molecule has 1 heterocycles. The van der Waals surface area contributed by atoms with Crippen molar-refractivity contribution in [2.45, 2.75) is 36.7 Å². The minimum absolute atomic E-state index is 0.0519. The Balaban J connectivity index is 2.38. The minimum Gasteiger partial charge on any atom is -0.380 e. The zero-order valence-corrected chi connectivity index (χ0v) is 14.0. The lowest BCUT2D eigenvalue weighted by Gasteiger charge is -2.34. The van der Waals surface area contributed by atoms with E-state index in [0.717, 1.165) is 6.42 Å². The fourth-order valence-corrected chi connectivity index (χ4v) is 4.72. The standard InChI is InChI=1S/C13H18Cl2N2O3S/c1-13(3-2-4-20-8-13)17-21(18,19)11-6-10(14)5-9(7-16)12(11)15/h5-6,17H,2-4,7-8,16H2,1H3. The highest BCUT2D eigenvalue weighted by molar-refractivity contribution is 7.89. The van der Waals surface area contributed by atoms with Gasteiger partial charge in [0.05, 0.1) is 17.2 Å². The third-order valence-electron chi connectivity index (χ3n) is 3.41. The molecule has 1 aromatic rings. The maximum absolute atomic E-state index is 12.6. The molecule has 2 rings (SSSR count). The van der Waals surface area contributed by atoms with Gasteiger partial charge in [-0.05, 0) is 37.5 Å².